The number of aryl methyl sites for hydroxylation is 1. The molecule has 0 spiro atoms. The van der Waals surface area contributed by atoms with Gasteiger partial charge in [0.1, 0.15) is 17.3 Å². The van der Waals surface area contributed by atoms with E-state index in [9.17, 15) is 9.18 Å². The maximum atomic E-state index is 14.1. The standard InChI is InChI=1S/C19H15FN8O2/c1-28-19(29)16-13(24-12-5-3-4-11(20)17(12)30-2)6-14(26-18(16)27-28)25-15-9-22-8-10(7-21)23-15/h3-6,8-9H,1-2H3,(H3,23,24,25,26,27). The molecule has 0 radical (unpaired) electrons. The van der Waals surface area contributed by atoms with Crippen LogP contribution in [0.2, 0.25) is 0 Å². The van der Waals surface area contributed by atoms with Gasteiger partial charge in [-0.3, -0.25) is 19.6 Å². The van der Waals surface area contributed by atoms with Crippen LogP contribution in [0.3, 0.4) is 0 Å². The summed E-state index contributed by atoms with van der Waals surface area (Å²) in [4.78, 5) is 25.0. The number of para-hydroxylation sites is 1. The third-order valence-corrected chi connectivity index (χ3v) is 4.26. The number of H-pyrrole nitrogens is 1. The van der Waals surface area contributed by atoms with Gasteiger partial charge in [0.05, 0.1) is 30.9 Å². The minimum Gasteiger partial charge on any atom is -0.492 e. The Labute approximate surface area is 169 Å². The van der Waals surface area contributed by atoms with E-state index in [4.69, 9.17) is 10.00 Å². The second-order valence-corrected chi connectivity index (χ2v) is 6.23. The van der Waals surface area contributed by atoms with Gasteiger partial charge in [0, 0.05) is 13.1 Å². The van der Waals surface area contributed by atoms with Crippen LogP contribution in [0.5, 0.6) is 5.75 Å². The molecule has 0 aliphatic heterocycles. The summed E-state index contributed by atoms with van der Waals surface area (Å²) in [7, 11) is 2.92. The molecule has 3 N–H and O–H groups in total. The second-order valence-electron chi connectivity index (χ2n) is 6.23. The van der Waals surface area contributed by atoms with Crippen molar-refractivity contribution in [1.82, 2.24) is 24.7 Å². The second kappa shape index (κ2) is 7.51. The van der Waals surface area contributed by atoms with Crippen LogP contribution in [0.15, 0.2) is 41.5 Å². The number of ether oxygens (including phenoxy) is 1. The predicted octanol–water partition coefficient (Wildman–Crippen LogP) is 2.56. The molecule has 0 fully saturated rings. The van der Waals surface area contributed by atoms with Crippen molar-refractivity contribution in [2.45, 2.75) is 0 Å². The highest BCUT2D eigenvalue weighted by molar-refractivity contribution is 5.93. The normalized spacial score (nSPS) is 10.6. The molecule has 3 heterocycles. The van der Waals surface area contributed by atoms with E-state index in [0.29, 0.717) is 28.7 Å². The first-order chi connectivity index (χ1) is 14.5. The van der Waals surface area contributed by atoms with Crippen LogP contribution in [0, 0.1) is 17.1 Å². The van der Waals surface area contributed by atoms with E-state index in [1.807, 2.05) is 6.07 Å². The SMILES string of the molecule is COc1c(F)cccc1Nc1cc(Nc2cncc(C#N)n2)nc2[nH]n(C)c(=O)c12. The largest absolute Gasteiger partial charge is 0.492 e. The molecule has 11 heteroatoms. The van der Waals surface area contributed by atoms with Crippen LogP contribution in [0.1, 0.15) is 5.69 Å². The highest BCUT2D eigenvalue weighted by Crippen LogP contribution is 2.33. The number of hydrogen-bond donors (Lipinski definition) is 3. The van der Waals surface area contributed by atoms with Crippen molar-refractivity contribution in [3.8, 4) is 11.8 Å². The quantitative estimate of drug-likeness (QED) is 0.460. The van der Waals surface area contributed by atoms with E-state index in [0.717, 1.165) is 0 Å². The number of aromatic nitrogens is 5. The first-order valence-electron chi connectivity index (χ1n) is 8.68. The van der Waals surface area contributed by atoms with Crippen LogP contribution >= 0.6 is 0 Å². The van der Waals surface area contributed by atoms with Crippen molar-refractivity contribution in [2.24, 2.45) is 7.05 Å². The lowest BCUT2D eigenvalue weighted by Crippen LogP contribution is -2.12. The van der Waals surface area contributed by atoms with Gasteiger partial charge in [-0.25, -0.2) is 14.4 Å². The molecule has 0 unspecified atom stereocenters. The van der Waals surface area contributed by atoms with Crippen LogP contribution in [-0.4, -0.2) is 31.8 Å². The van der Waals surface area contributed by atoms with Gasteiger partial charge < -0.3 is 15.4 Å². The Kier molecular flexibility index (Phi) is 4.73. The number of benzene rings is 1. The zero-order valence-corrected chi connectivity index (χ0v) is 15.9. The molecule has 0 saturated carbocycles. The number of nitrogens with zero attached hydrogens (tertiary/aromatic N) is 5. The summed E-state index contributed by atoms with van der Waals surface area (Å²) in [5, 5.41) is 18.1. The number of halogens is 1. The maximum Gasteiger partial charge on any atom is 0.277 e. The van der Waals surface area contributed by atoms with Gasteiger partial charge in [0.25, 0.3) is 5.56 Å². The van der Waals surface area contributed by atoms with E-state index < -0.39 is 5.82 Å². The topological polar surface area (TPSA) is 134 Å². The lowest BCUT2D eigenvalue weighted by molar-refractivity contribution is 0.388. The number of aromatic amines is 1. The average molecular weight is 406 g/mol. The third-order valence-electron chi connectivity index (χ3n) is 4.26. The van der Waals surface area contributed by atoms with E-state index in [-0.39, 0.29) is 22.4 Å². The van der Waals surface area contributed by atoms with Gasteiger partial charge in [-0.1, -0.05) is 6.07 Å². The summed E-state index contributed by atoms with van der Waals surface area (Å²) in [6.45, 7) is 0. The molecule has 10 nitrogen and oxygen atoms in total. The number of fused-ring (bicyclic) bond motifs is 1. The van der Waals surface area contributed by atoms with Crippen molar-refractivity contribution in [3.05, 3.63) is 58.5 Å². The smallest absolute Gasteiger partial charge is 0.277 e. The van der Waals surface area contributed by atoms with E-state index >= 15 is 0 Å². The number of nitrogens with one attached hydrogen (secondary N) is 3. The molecule has 150 valence electrons. The number of rotatable bonds is 5. The van der Waals surface area contributed by atoms with Crippen molar-refractivity contribution >= 4 is 34.0 Å². The molecular formula is C19H15FN8O2. The molecular weight excluding hydrogens is 391 g/mol. The Morgan fingerprint density at radius 1 is 1.20 bits per heavy atom. The molecule has 1 aromatic carbocycles. The fourth-order valence-corrected chi connectivity index (χ4v) is 2.95. The molecule has 0 aliphatic carbocycles. The Bertz CT molecular complexity index is 1360. The molecule has 30 heavy (non-hydrogen) atoms. The fourth-order valence-electron chi connectivity index (χ4n) is 2.95. The summed E-state index contributed by atoms with van der Waals surface area (Å²) < 4.78 is 20.5. The van der Waals surface area contributed by atoms with Gasteiger partial charge in [-0.2, -0.15) is 5.26 Å². The molecule has 4 rings (SSSR count). The van der Waals surface area contributed by atoms with E-state index in [2.05, 4.69) is 30.7 Å². The molecule has 0 amide bonds. The van der Waals surface area contributed by atoms with Crippen molar-refractivity contribution in [2.75, 3.05) is 17.7 Å². The lowest BCUT2D eigenvalue weighted by atomic mass is 10.2. The number of anilines is 4. The molecule has 4 aromatic rings. The molecule has 3 aromatic heterocycles. The fraction of sp³-hybridized carbons (Fsp3) is 0.105. The Morgan fingerprint density at radius 2 is 2.03 bits per heavy atom. The summed E-state index contributed by atoms with van der Waals surface area (Å²) >= 11 is 0. The maximum absolute atomic E-state index is 14.1. The number of hydrogen-bond acceptors (Lipinski definition) is 8. The monoisotopic (exact) mass is 406 g/mol. The summed E-state index contributed by atoms with van der Waals surface area (Å²) in [5.41, 5.74) is 0.836. The minimum absolute atomic E-state index is 0.0110. The van der Waals surface area contributed by atoms with Crippen molar-refractivity contribution < 1.29 is 9.13 Å². The lowest BCUT2D eigenvalue weighted by Gasteiger charge is -2.13. The van der Waals surface area contributed by atoms with Crippen LogP contribution in [0.4, 0.5) is 27.4 Å². The number of methoxy groups -OCH3 is 1. The average Bonchev–Trinajstić information content (AvgIpc) is 3.02. The van der Waals surface area contributed by atoms with Gasteiger partial charge >= 0.3 is 0 Å². The first-order valence-corrected chi connectivity index (χ1v) is 8.68. The highest BCUT2D eigenvalue weighted by atomic mass is 19.1. The Morgan fingerprint density at radius 3 is 2.80 bits per heavy atom. The number of pyridine rings is 1. The van der Waals surface area contributed by atoms with Crippen molar-refractivity contribution in [1.29, 1.82) is 5.26 Å². The zero-order chi connectivity index (χ0) is 21.3. The van der Waals surface area contributed by atoms with Crippen LogP contribution in [0.25, 0.3) is 11.0 Å². The van der Waals surface area contributed by atoms with E-state index in [1.54, 1.807) is 19.2 Å². The first kappa shape index (κ1) is 18.9. The molecule has 0 atom stereocenters. The minimum atomic E-state index is -0.545. The van der Waals surface area contributed by atoms with E-state index in [1.165, 1.54) is 36.3 Å². The van der Waals surface area contributed by atoms with Crippen molar-refractivity contribution in [3.63, 3.8) is 0 Å². The highest BCUT2D eigenvalue weighted by Gasteiger charge is 2.16. The summed E-state index contributed by atoms with van der Waals surface area (Å²) in [6.07, 6.45) is 2.77. The summed E-state index contributed by atoms with van der Waals surface area (Å²) in [5.74, 6) is 0.0914. The van der Waals surface area contributed by atoms with Crippen LogP contribution < -0.4 is 20.9 Å². The predicted molar refractivity (Wildman–Crippen MR) is 108 cm³/mol. The molecule has 0 bridgehead atoms. The Balaban J connectivity index is 1.83. The molecule has 0 aliphatic rings. The summed E-state index contributed by atoms with van der Waals surface area (Å²) in [6, 6.07) is 7.90. The van der Waals surface area contributed by atoms with Gasteiger partial charge in [0.2, 0.25) is 0 Å². The van der Waals surface area contributed by atoms with Gasteiger partial charge in [0.15, 0.2) is 28.7 Å². The molecule has 0 saturated heterocycles. The zero-order valence-electron chi connectivity index (χ0n) is 15.9. The number of nitriles is 1. The van der Waals surface area contributed by atoms with Crippen LogP contribution in [-0.2, 0) is 7.05 Å². The Hall–Kier alpha value is -4.46. The van der Waals surface area contributed by atoms with Gasteiger partial charge in [-0.15, -0.1) is 0 Å². The third kappa shape index (κ3) is 3.37. The van der Waals surface area contributed by atoms with Gasteiger partial charge in [-0.05, 0) is 12.1 Å².